The molecule has 2 aromatic rings. The number of fused-ring (bicyclic) bond motifs is 1. The van der Waals surface area contributed by atoms with Crippen molar-refractivity contribution in [2.45, 2.75) is 38.9 Å². The van der Waals surface area contributed by atoms with Crippen LogP contribution in [0.15, 0.2) is 41.0 Å². The third kappa shape index (κ3) is 2.59. The Morgan fingerprint density at radius 1 is 1.35 bits per heavy atom. The van der Waals surface area contributed by atoms with E-state index >= 15 is 0 Å². The van der Waals surface area contributed by atoms with Crippen molar-refractivity contribution in [2.24, 2.45) is 0 Å². The Bertz CT molecular complexity index is 576. The number of rotatable bonds is 4. The van der Waals surface area contributed by atoms with E-state index in [1.165, 1.54) is 29.7 Å². The van der Waals surface area contributed by atoms with Crippen molar-refractivity contribution in [1.82, 2.24) is 5.32 Å². The molecule has 20 heavy (non-hydrogen) atoms. The lowest BCUT2D eigenvalue weighted by molar-refractivity contribution is 0.473. The minimum atomic E-state index is 0.558. The number of para-hydroxylation sites is 1. The van der Waals surface area contributed by atoms with Gasteiger partial charge in [-0.2, -0.15) is 0 Å². The fourth-order valence-corrected chi connectivity index (χ4v) is 2.97. The summed E-state index contributed by atoms with van der Waals surface area (Å²) in [5.74, 6) is 1.04. The van der Waals surface area contributed by atoms with Gasteiger partial charge in [0.05, 0.1) is 12.8 Å². The second-order valence-corrected chi connectivity index (χ2v) is 5.60. The Labute approximate surface area is 120 Å². The normalized spacial score (nSPS) is 18.1. The molecule has 3 heteroatoms. The van der Waals surface area contributed by atoms with Crippen LogP contribution < -0.4 is 10.2 Å². The highest BCUT2D eigenvalue weighted by atomic mass is 16.3. The van der Waals surface area contributed by atoms with Gasteiger partial charge in [0.1, 0.15) is 5.76 Å². The van der Waals surface area contributed by atoms with Crippen molar-refractivity contribution in [3.05, 3.63) is 53.5 Å². The molecule has 1 aromatic heterocycles. The third-order valence-corrected chi connectivity index (χ3v) is 4.08. The molecular formula is C17H22N2O. The highest BCUT2D eigenvalue weighted by Gasteiger charge is 2.23. The Balaban J connectivity index is 1.82. The first-order valence-corrected chi connectivity index (χ1v) is 7.33. The summed E-state index contributed by atoms with van der Waals surface area (Å²) in [5, 5.41) is 3.15. The van der Waals surface area contributed by atoms with Gasteiger partial charge in [-0.15, -0.1) is 0 Å². The lowest BCUT2D eigenvalue weighted by Crippen LogP contribution is -2.36. The fourth-order valence-electron chi connectivity index (χ4n) is 2.97. The topological polar surface area (TPSA) is 28.4 Å². The predicted molar refractivity (Wildman–Crippen MR) is 81.9 cm³/mol. The number of nitrogens with one attached hydrogen (secondary N) is 1. The molecular weight excluding hydrogens is 248 g/mol. The highest BCUT2D eigenvalue weighted by Crippen LogP contribution is 2.31. The van der Waals surface area contributed by atoms with Crippen LogP contribution in [0.25, 0.3) is 0 Å². The van der Waals surface area contributed by atoms with E-state index in [1.54, 1.807) is 0 Å². The lowest BCUT2D eigenvalue weighted by Gasteiger charge is -2.36. The summed E-state index contributed by atoms with van der Waals surface area (Å²) in [7, 11) is 1.95. The van der Waals surface area contributed by atoms with Gasteiger partial charge in [0.15, 0.2) is 0 Å². The van der Waals surface area contributed by atoms with Crippen molar-refractivity contribution in [3.63, 3.8) is 0 Å². The molecule has 1 unspecified atom stereocenters. The van der Waals surface area contributed by atoms with Crippen molar-refractivity contribution in [1.29, 1.82) is 0 Å². The number of furan rings is 1. The van der Waals surface area contributed by atoms with Gasteiger partial charge in [-0.3, -0.25) is 0 Å². The van der Waals surface area contributed by atoms with Crippen LogP contribution in [-0.4, -0.2) is 13.1 Å². The first-order chi connectivity index (χ1) is 9.78. The van der Waals surface area contributed by atoms with Crippen LogP contribution in [0.1, 0.15) is 30.2 Å². The smallest absolute Gasteiger partial charge is 0.123 e. The molecule has 0 aliphatic carbocycles. The van der Waals surface area contributed by atoms with Gasteiger partial charge in [-0.1, -0.05) is 18.2 Å². The van der Waals surface area contributed by atoms with Crippen LogP contribution in [0, 0.1) is 0 Å². The first kappa shape index (κ1) is 13.3. The van der Waals surface area contributed by atoms with E-state index < -0.39 is 0 Å². The molecule has 3 nitrogen and oxygen atoms in total. The molecule has 1 aliphatic rings. The number of hydrogen-bond donors (Lipinski definition) is 1. The van der Waals surface area contributed by atoms with Crippen LogP contribution in [-0.2, 0) is 19.5 Å². The fraction of sp³-hybridized carbons (Fsp3) is 0.412. The van der Waals surface area contributed by atoms with Gasteiger partial charge in [0, 0.05) is 23.8 Å². The summed E-state index contributed by atoms with van der Waals surface area (Å²) in [5.41, 5.74) is 4.02. The zero-order valence-corrected chi connectivity index (χ0v) is 12.2. The van der Waals surface area contributed by atoms with Crippen LogP contribution >= 0.6 is 0 Å². The SMILES string of the molecule is CNCc1coc(CN2c3ccccc3CCC2C)c1. The minimum Gasteiger partial charge on any atom is -0.467 e. The number of hydrogen-bond acceptors (Lipinski definition) is 3. The molecule has 1 aliphatic heterocycles. The maximum Gasteiger partial charge on any atom is 0.123 e. The summed E-state index contributed by atoms with van der Waals surface area (Å²) in [6, 6.07) is 11.4. The molecule has 0 fully saturated rings. The molecule has 3 rings (SSSR count). The van der Waals surface area contributed by atoms with Crippen LogP contribution in [0.2, 0.25) is 0 Å². The number of nitrogens with zero attached hydrogens (tertiary/aromatic N) is 1. The maximum absolute atomic E-state index is 5.70. The second kappa shape index (κ2) is 5.71. The van der Waals surface area contributed by atoms with Gasteiger partial charge < -0.3 is 14.6 Å². The molecule has 0 amide bonds. The minimum absolute atomic E-state index is 0.558. The standard InChI is InChI=1S/C17H22N2O/c1-13-7-8-15-5-3-4-6-17(15)19(13)11-16-9-14(10-18-2)12-20-16/h3-6,9,12-13,18H,7-8,10-11H2,1-2H3. The third-order valence-electron chi connectivity index (χ3n) is 4.08. The largest absolute Gasteiger partial charge is 0.467 e. The van der Waals surface area contributed by atoms with Crippen molar-refractivity contribution in [3.8, 4) is 0 Å². The van der Waals surface area contributed by atoms with E-state index in [9.17, 15) is 0 Å². The molecule has 0 saturated heterocycles. The zero-order valence-electron chi connectivity index (χ0n) is 12.2. The van der Waals surface area contributed by atoms with E-state index in [0.717, 1.165) is 18.8 Å². The number of anilines is 1. The summed E-state index contributed by atoms with van der Waals surface area (Å²) in [4.78, 5) is 2.46. The van der Waals surface area contributed by atoms with Crippen LogP contribution in [0.4, 0.5) is 5.69 Å². The van der Waals surface area contributed by atoms with Gasteiger partial charge in [0.25, 0.3) is 0 Å². The van der Waals surface area contributed by atoms with Crippen molar-refractivity contribution in [2.75, 3.05) is 11.9 Å². The monoisotopic (exact) mass is 270 g/mol. The molecule has 1 N–H and O–H groups in total. The molecule has 1 atom stereocenters. The number of aryl methyl sites for hydroxylation is 1. The number of benzene rings is 1. The molecule has 0 bridgehead atoms. The Morgan fingerprint density at radius 3 is 3.05 bits per heavy atom. The summed E-state index contributed by atoms with van der Waals surface area (Å²) in [6.07, 6.45) is 4.24. The molecule has 0 saturated carbocycles. The summed E-state index contributed by atoms with van der Waals surface area (Å²) >= 11 is 0. The quantitative estimate of drug-likeness (QED) is 0.923. The first-order valence-electron chi connectivity index (χ1n) is 7.33. The Hall–Kier alpha value is -1.74. The van der Waals surface area contributed by atoms with E-state index in [1.807, 2.05) is 13.3 Å². The van der Waals surface area contributed by atoms with E-state index in [4.69, 9.17) is 4.42 Å². The molecule has 1 aromatic carbocycles. The average molecular weight is 270 g/mol. The van der Waals surface area contributed by atoms with Gasteiger partial charge >= 0.3 is 0 Å². The molecule has 2 heterocycles. The maximum atomic E-state index is 5.70. The van der Waals surface area contributed by atoms with Crippen molar-refractivity contribution >= 4 is 5.69 Å². The van der Waals surface area contributed by atoms with E-state index in [-0.39, 0.29) is 0 Å². The van der Waals surface area contributed by atoms with Crippen LogP contribution in [0.5, 0.6) is 0 Å². The molecule has 0 radical (unpaired) electrons. The van der Waals surface area contributed by atoms with Gasteiger partial charge in [0.2, 0.25) is 0 Å². The molecule has 0 spiro atoms. The zero-order chi connectivity index (χ0) is 13.9. The van der Waals surface area contributed by atoms with E-state index in [2.05, 4.69) is 47.5 Å². The van der Waals surface area contributed by atoms with Crippen molar-refractivity contribution < 1.29 is 4.42 Å². The summed E-state index contributed by atoms with van der Waals surface area (Å²) in [6.45, 7) is 4.00. The second-order valence-electron chi connectivity index (χ2n) is 5.60. The van der Waals surface area contributed by atoms with Gasteiger partial charge in [-0.25, -0.2) is 0 Å². The molecule has 106 valence electrons. The van der Waals surface area contributed by atoms with Gasteiger partial charge in [-0.05, 0) is 44.5 Å². The van der Waals surface area contributed by atoms with E-state index in [0.29, 0.717) is 6.04 Å². The summed E-state index contributed by atoms with van der Waals surface area (Å²) < 4.78 is 5.70. The predicted octanol–water partition coefficient (Wildman–Crippen LogP) is 3.34. The lowest BCUT2D eigenvalue weighted by atomic mass is 9.96. The average Bonchev–Trinajstić information content (AvgIpc) is 2.90. The highest BCUT2D eigenvalue weighted by molar-refractivity contribution is 5.56. The van der Waals surface area contributed by atoms with Crippen LogP contribution in [0.3, 0.4) is 0 Å². The Kier molecular flexibility index (Phi) is 3.79. The Morgan fingerprint density at radius 2 is 2.20 bits per heavy atom.